The van der Waals surface area contributed by atoms with Crippen LogP contribution in [0.15, 0.2) is 42.9 Å². The topological polar surface area (TPSA) is 80.0 Å². The highest BCUT2D eigenvalue weighted by Crippen LogP contribution is 2.48. The smallest absolute Gasteiger partial charge is 0.228 e. The summed E-state index contributed by atoms with van der Waals surface area (Å²) in [5.74, 6) is 0.328. The molecule has 1 atom stereocenters. The third kappa shape index (κ3) is 2.94. The lowest BCUT2D eigenvalue weighted by Gasteiger charge is -2.38. The number of aliphatic hydroxyl groups is 1. The lowest BCUT2D eigenvalue weighted by molar-refractivity contribution is -0.129. The number of nitrogens with zero attached hydrogens (tertiary/aromatic N) is 3. The van der Waals surface area contributed by atoms with Crippen molar-refractivity contribution in [3.05, 3.63) is 48.5 Å². The fourth-order valence-electron chi connectivity index (χ4n) is 3.50. The maximum absolute atomic E-state index is 12.9. The Bertz CT molecular complexity index is 691. The lowest BCUT2D eigenvalue weighted by atomic mass is 9.76. The minimum atomic E-state index is -0.346. The van der Waals surface area contributed by atoms with Crippen LogP contribution < -0.4 is 5.32 Å². The molecule has 2 saturated carbocycles. The normalized spacial score (nSPS) is 25.5. The Morgan fingerprint density at radius 1 is 1.33 bits per heavy atom. The second kappa shape index (κ2) is 6.02. The third-order valence-corrected chi connectivity index (χ3v) is 5.27. The summed E-state index contributed by atoms with van der Waals surface area (Å²) < 4.78 is 1.83. The van der Waals surface area contributed by atoms with Crippen molar-refractivity contribution >= 4 is 5.91 Å². The van der Waals surface area contributed by atoms with Crippen LogP contribution in [0.5, 0.6) is 0 Å². The van der Waals surface area contributed by atoms with Gasteiger partial charge in [0.05, 0.1) is 29.8 Å². The summed E-state index contributed by atoms with van der Waals surface area (Å²) in [4.78, 5) is 17.3. The number of nitrogens with one attached hydrogen (secondary N) is 1. The number of pyridine rings is 1. The van der Waals surface area contributed by atoms with Gasteiger partial charge in [0.25, 0.3) is 0 Å². The van der Waals surface area contributed by atoms with Crippen LogP contribution in [-0.4, -0.2) is 31.9 Å². The van der Waals surface area contributed by atoms with Gasteiger partial charge in [0, 0.05) is 18.6 Å². The molecule has 0 spiro atoms. The number of carbonyl (C=O) groups is 1. The predicted molar refractivity (Wildman–Crippen MR) is 87.7 cm³/mol. The van der Waals surface area contributed by atoms with Crippen LogP contribution in [0.3, 0.4) is 0 Å². The first-order valence-corrected chi connectivity index (χ1v) is 8.54. The molecule has 24 heavy (non-hydrogen) atoms. The molecule has 0 bridgehead atoms. The third-order valence-electron chi connectivity index (χ3n) is 5.27. The minimum Gasteiger partial charge on any atom is -0.393 e. The highest BCUT2D eigenvalue weighted by molar-refractivity contribution is 5.85. The molecular weight excluding hydrogens is 304 g/mol. The largest absolute Gasteiger partial charge is 0.393 e. The van der Waals surface area contributed by atoms with Crippen LogP contribution in [0.2, 0.25) is 0 Å². The molecule has 2 aliphatic rings. The molecule has 2 aliphatic carbocycles. The molecule has 2 heterocycles. The van der Waals surface area contributed by atoms with Crippen molar-refractivity contribution in [1.82, 2.24) is 20.1 Å². The van der Waals surface area contributed by atoms with Crippen LogP contribution in [0.25, 0.3) is 0 Å². The highest BCUT2D eigenvalue weighted by atomic mass is 16.3. The summed E-state index contributed by atoms with van der Waals surface area (Å²) in [5.41, 5.74) is 0.527. The average Bonchev–Trinajstić information content (AvgIpc) is 3.17. The van der Waals surface area contributed by atoms with E-state index < -0.39 is 0 Å². The second-order valence-corrected chi connectivity index (χ2v) is 7.08. The summed E-state index contributed by atoms with van der Waals surface area (Å²) in [6.45, 7) is 0.619. The Labute approximate surface area is 140 Å². The highest BCUT2D eigenvalue weighted by Gasteiger charge is 2.51. The molecular formula is C18H22N4O2. The SMILES string of the molecule is O=C(N[C@@H](c1ccccn1)C1CC(O)C1)C1(Cn2cccn2)CC1. The van der Waals surface area contributed by atoms with Gasteiger partial charge < -0.3 is 10.4 Å². The average molecular weight is 326 g/mol. The van der Waals surface area contributed by atoms with Gasteiger partial charge in [-0.15, -0.1) is 0 Å². The molecule has 6 nitrogen and oxygen atoms in total. The van der Waals surface area contributed by atoms with Crippen molar-refractivity contribution in [2.75, 3.05) is 0 Å². The Kier molecular flexibility index (Phi) is 3.84. The summed E-state index contributed by atoms with van der Waals surface area (Å²) in [6.07, 6.45) is 8.34. The first-order valence-electron chi connectivity index (χ1n) is 8.54. The van der Waals surface area contributed by atoms with Crippen molar-refractivity contribution in [1.29, 1.82) is 0 Å². The van der Waals surface area contributed by atoms with Gasteiger partial charge in [-0.2, -0.15) is 5.10 Å². The zero-order valence-corrected chi connectivity index (χ0v) is 13.5. The number of carbonyl (C=O) groups excluding carboxylic acids is 1. The van der Waals surface area contributed by atoms with E-state index in [2.05, 4.69) is 15.4 Å². The van der Waals surface area contributed by atoms with Gasteiger partial charge in [0.2, 0.25) is 5.91 Å². The number of aromatic nitrogens is 3. The van der Waals surface area contributed by atoms with E-state index in [0.717, 1.165) is 18.5 Å². The number of amides is 1. The first-order chi connectivity index (χ1) is 11.7. The van der Waals surface area contributed by atoms with Crippen LogP contribution in [-0.2, 0) is 11.3 Å². The van der Waals surface area contributed by atoms with E-state index in [9.17, 15) is 9.90 Å². The number of hydrogen-bond acceptors (Lipinski definition) is 4. The van der Waals surface area contributed by atoms with Gasteiger partial charge in [-0.3, -0.25) is 14.5 Å². The Morgan fingerprint density at radius 3 is 2.75 bits per heavy atom. The van der Waals surface area contributed by atoms with Crippen molar-refractivity contribution in [3.63, 3.8) is 0 Å². The molecule has 4 rings (SSSR count). The molecule has 2 aromatic heterocycles. The molecule has 6 heteroatoms. The number of rotatable bonds is 6. The number of hydrogen-bond donors (Lipinski definition) is 2. The Morgan fingerprint density at radius 2 is 2.17 bits per heavy atom. The first kappa shape index (κ1) is 15.3. The zero-order valence-electron chi connectivity index (χ0n) is 13.5. The van der Waals surface area contributed by atoms with Crippen molar-refractivity contribution < 1.29 is 9.90 Å². The van der Waals surface area contributed by atoms with Crippen LogP contribution >= 0.6 is 0 Å². The van der Waals surface area contributed by atoms with Crippen molar-refractivity contribution in [2.24, 2.45) is 11.3 Å². The molecule has 0 aromatic carbocycles. The van der Waals surface area contributed by atoms with E-state index in [1.807, 2.05) is 35.1 Å². The maximum Gasteiger partial charge on any atom is 0.228 e. The molecule has 1 amide bonds. The molecule has 0 radical (unpaired) electrons. The minimum absolute atomic E-state index is 0.0787. The summed E-state index contributed by atoms with van der Waals surface area (Å²) >= 11 is 0. The summed E-state index contributed by atoms with van der Waals surface area (Å²) in [5, 5.41) is 17.1. The molecule has 0 unspecified atom stereocenters. The van der Waals surface area contributed by atoms with Gasteiger partial charge >= 0.3 is 0 Å². The maximum atomic E-state index is 12.9. The van der Waals surface area contributed by atoms with E-state index in [-0.39, 0.29) is 29.4 Å². The second-order valence-electron chi connectivity index (χ2n) is 7.08. The molecule has 0 aliphatic heterocycles. The lowest BCUT2D eigenvalue weighted by Crippen LogP contribution is -2.44. The van der Waals surface area contributed by atoms with Gasteiger partial charge in [-0.25, -0.2) is 0 Å². The van der Waals surface area contributed by atoms with Crippen molar-refractivity contribution in [3.8, 4) is 0 Å². The van der Waals surface area contributed by atoms with E-state index in [1.165, 1.54) is 0 Å². The van der Waals surface area contributed by atoms with Gasteiger partial charge in [-0.1, -0.05) is 6.07 Å². The van der Waals surface area contributed by atoms with Gasteiger partial charge in [0.1, 0.15) is 0 Å². The number of aliphatic hydroxyl groups excluding tert-OH is 1. The molecule has 2 fully saturated rings. The van der Waals surface area contributed by atoms with Gasteiger partial charge in [-0.05, 0) is 49.8 Å². The van der Waals surface area contributed by atoms with Crippen molar-refractivity contribution in [2.45, 2.75) is 44.4 Å². The predicted octanol–water partition coefficient (Wildman–Crippen LogP) is 1.69. The van der Waals surface area contributed by atoms with E-state index in [4.69, 9.17) is 0 Å². The van der Waals surface area contributed by atoms with Crippen LogP contribution in [0, 0.1) is 11.3 Å². The van der Waals surface area contributed by atoms with Gasteiger partial charge in [0.15, 0.2) is 0 Å². The summed E-state index contributed by atoms with van der Waals surface area (Å²) in [7, 11) is 0. The fourth-order valence-corrected chi connectivity index (χ4v) is 3.50. The monoisotopic (exact) mass is 326 g/mol. The van der Waals surface area contributed by atoms with Crippen LogP contribution in [0.4, 0.5) is 0 Å². The molecule has 2 aromatic rings. The van der Waals surface area contributed by atoms with E-state index in [1.54, 1.807) is 12.4 Å². The molecule has 2 N–H and O–H groups in total. The summed E-state index contributed by atoms with van der Waals surface area (Å²) in [6, 6.07) is 7.51. The molecule has 0 saturated heterocycles. The molecule has 126 valence electrons. The van der Waals surface area contributed by atoms with Crippen LogP contribution in [0.1, 0.15) is 37.4 Å². The van der Waals surface area contributed by atoms with E-state index >= 15 is 0 Å². The Balaban J connectivity index is 1.49. The Hall–Kier alpha value is -2.21. The van der Waals surface area contributed by atoms with E-state index in [0.29, 0.717) is 19.4 Å². The standard InChI is InChI=1S/C18H22N4O2/c23-14-10-13(11-14)16(15-4-1-2-7-19-15)21-17(24)18(5-6-18)12-22-9-3-8-20-22/h1-4,7-9,13-14,16,23H,5-6,10-12H2,(H,21,24)/t13?,14?,16-/m1/s1. The zero-order chi connectivity index (χ0) is 16.6. The fraction of sp³-hybridized carbons (Fsp3) is 0.500. The quantitative estimate of drug-likeness (QED) is 0.846.